The molecule has 1 N–H and O–H groups in total. The maximum absolute atomic E-state index is 14.2. The van der Waals surface area contributed by atoms with Crippen LogP contribution in [0.1, 0.15) is 25.5 Å². The summed E-state index contributed by atoms with van der Waals surface area (Å²) >= 11 is 0. The Morgan fingerprint density at radius 1 is 1.26 bits per heavy atom. The third kappa shape index (κ3) is 3.45. The van der Waals surface area contributed by atoms with Gasteiger partial charge in [-0.2, -0.15) is 10.2 Å². The largest absolute Gasteiger partial charge is 0.308 e. The Kier molecular flexibility index (Phi) is 4.47. The number of hydrogen-bond acceptors (Lipinski definition) is 4. The van der Waals surface area contributed by atoms with Crippen molar-refractivity contribution >= 4 is 0 Å². The van der Waals surface area contributed by atoms with E-state index in [0.717, 1.165) is 5.56 Å². The summed E-state index contributed by atoms with van der Waals surface area (Å²) in [5, 5.41) is 11.6. The first-order valence-electron chi connectivity index (χ1n) is 7.51. The van der Waals surface area contributed by atoms with E-state index < -0.39 is 0 Å². The smallest absolute Gasteiger partial charge is 0.149 e. The van der Waals surface area contributed by atoms with Crippen LogP contribution in [0, 0.1) is 5.82 Å². The van der Waals surface area contributed by atoms with Crippen molar-refractivity contribution in [3.8, 4) is 5.69 Å². The molecule has 0 saturated carbocycles. The Hall–Kier alpha value is -2.54. The molecule has 0 radical (unpaired) electrons. The predicted molar refractivity (Wildman–Crippen MR) is 84.6 cm³/mol. The van der Waals surface area contributed by atoms with Crippen molar-refractivity contribution in [1.29, 1.82) is 0 Å². The van der Waals surface area contributed by atoms with Crippen LogP contribution in [0.3, 0.4) is 0 Å². The van der Waals surface area contributed by atoms with Crippen LogP contribution in [0.4, 0.5) is 4.39 Å². The molecule has 0 aliphatic rings. The van der Waals surface area contributed by atoms with Gasteiger partial charge in [-0.1, -0.05) is 6.07 Å². The van der Waals surface area contributed by atoms with Gasteiger partial charge in [0, 0.05) is 25.0 Å². The molecule has 120 valence electrons. The Balaban J connectivity index is 1.63. The van der Waals surface area contributed by atoms with E-state index in [1.165, 1.54) is 23.4 Å². The summed E-state index contributed by atoms with van der Waals surface area (Å²) in [7, 11) is 0. The first-order valence-corrected chi connectivity index (χ1v) is 7.51. The molecule has 0 aliphatic carbocycles. The molecule has 6 nitrogen and oxygen atoms in total. The summed E-state index contributed by atoms with van der Waals surface area (Å²) in [6.07, 6.45) is 6.56. The monoisotopic (exact) mass is 314 g/mol. The molecule has 0 fully saturated rings. The molecule has 2 atom stereocenters. The molecule has 2 unspecified atom stereocenters. The fourth-order valence-corrected chi connectivity index (χ4v) is 2.38. The number of hydrogen-bond donors (Lipinski definition) is 1. The Bertz CT molecular complexity index is 738. The lowest BCUT2D eigenvalue weighted by Crippen LogP contribution is -2.33. The van der Waals surface area contributed by atoms with Crippen molar-refractivity contribution in [3.05, 3.63) is 60.7 Å². The molecule has 23 heavy (non-hydrogen) atoms. The van der Waals surface area contributed by atoms with Crippen LogP contribution >= 0.6 is 0 Å². The van der Waals surface area contributed by atoms with Crippen LogP contribution in [-0.4, -0.2) is 30.6 Å². The topological polar surface area (TPSA) is 60.6 Å². The van der Waals surface area contributed by atoms with Crippen molar-refractivity contribution in [2.45, 2.75) is 32.5 Å². The number of nitrogens with one attached hydrogen (secondary N) is 1. The summed E-state index contributed by atoms with van der Waals surface area (Å²) in [5.41, 5.74) is 1.27. The van der Waals surface area contributed by atoms with E-state index in [2.05, 4.69) is 34.3 Å². The summed E-state index contributed by atoms with van der Waals surface area (Å²) < 4.78 is 17.5. The standard InChI is InChI=1S/C16H19FN6/c1-12(13(2)22-7-3-6-20-22)19-9-14-4-5-16(15(17)8-14)23-11-18-10-21-23/h3-8,10-13,19H,9H2,1-2H3. The van der Waals surface area contributed by atoms with Crippen molar-refractivity contribution in [2.24, 2.45) is 0 Å². The lowest BCUT2D eigenvalue weighted by atomic mass is 10.1. The lowest BCUT2D eigenvalue weighted by Gasteiger charge is -2.22. The van der Waals surface area contributed by atoms with Crippen molar-refractivity contribution < 1.29 is 4.39 Å². The highest BCUT2D eigenvalue weighted by atomic mass is 19.1. The van der Waals surface area contributed by atoms with E-state index in [1.54, 1.807) is 12.3 Å². The zero-order valence-corrected chi connectivity index (χ0v) is 13.1. The normalized spacial score (nSPS) is 13.9. The predicted octanol–water partition coefficient (Wildman–Crippen LogP) is 2.34. The van der Waals surface area contributed by atoms with Gasteiger partial charge in [-0.25, -0.2) is 14.1 Å². The first kappa shape index (κ1) is 15.4. The molecule has 0 aliphatic heterocycles. The second-order valence-electron chi connectivity index (χ2n) is 5.52. The van der Waals surface area contributed by atoms with E-state index in [1.807, 2.05) is 23.0 Å². The minimum Gasteiger partial charge on any atom is -0.308 e. The quantitative estimate of drug-likeness (QED) is 0.758. The van der Waals surface area contributed by atoms with Gasteiger partial charge < -0.3 is 5.32 Å². The van der Waals surface area contributed by atoms with Gasteiger partial charge in [-0.15, -0.1) is 0 Å². The molecule has 3 aromatic rings. The highest BCUT2D eigenvalue weighted by molar-refractivity contribution is 5.35. The lowest BCUT2D eigenvalue weighted by molar-refractivity contribution is 0.365. The minimum absolute atomic E-state index is 0.202. The second kappa shape index (κ2) is 6.70. The molecule has 1 aromatic carbocycles. The molecule has 0 amide bonds. The molecular weight excluding hydrogens is 295 g/mol. The number of benzene rings is 1. The number of rotatable bonds is 6. The molecule has 0 bridgehead atoms. The minimum atomic E-state index is -0.317. The fourth-order valence-electron chi connectivity index (χ4n) is 2.38. The average Bonchev–Trinajstić information content (AvgIpc) is 3.25. The maximum Gasteiger partial charge on any atom is 0.149 e. The van der Waals surface area contributed by atoms with Crippen LogP contribution in [0.25, 0.3) is 5.69 Å². The molecule has 0 spiro atoms. The Morgan fingerprint density at radius 2 is 2.13 bits per heavy atom. The second-order valence-corrected chi connectivity index (χ2v) is 5.52. The van der Waals surface area contributed by atoms with Crippen molar-refractivity contribution in [1.82, 2.24) is 29.9 Å². The summed E-state index contributed by atoms with van der Waals surface area (Å²) in [5.74, 6) is -0.317. The maximum atomic E-state index is 14.2. The van der Waals surface area contributed by atoms with Crippen LogP contribution < -0.4 is 5.32 Å². The summed E-state index contributed by atoms with van der Waals surface area (Å²) in [4.78, 5) is 3.83. The SMILES string of the molecule is CC(NCc1ccc(-n2cncn2)c(F)c1)C(C)n1cccn1. The number of aromatic nitrogens is 5. The summed E-state index contributed by atoms with van der Waals surface area (Å²) in [6.45, 7) is 4.77. The highest BCUT2D eigenvalue weighted by Gasteiger charge is 2.14. The third-order valence-electron chi connectivity index (χ3n) is 3.97. The highest BCUT2D eigenvalue weighted by Crippen LogP contribution is 2.15. The van der Waals surface area contributed by atoms with E-state index in [9.17, 15) is 4.39 Å². The zero-order chi connectivity index (χ0) is 16.2. The van der Waals surface area contributed by atoms with E-state index in [-0.39, 0.29) is 17.9 Å². The molecule has 7 heteroatoms. The Labute approximate surface area is 134 Å². The van der Waals surface area contributed by atoms with Gasteiger partial charge in [0.25, 0.3) is 0 Å². The van der Waals surface area contributed by atoms with Crippen LogP contribution in [0.5, 0.6) is 0 Å². The van der Waals surface area contributed by atoms with Gasteiger partial charge in [0.1, 0.15) is 24.2 Å². The molecular formula is C16H19FN6. The molecule has 2 aromatic heterocycles. The molecule has 2 heterocycles. The van der Waals surface area contributed by atoms with Crippen LogP contribution in [0.15, 0.2) is 49.3 Å². The number of nitrogens with zero attached hydrogens (tertiary/aromatic N) is 5. The van der Waals surface area contributed by atoms with Gasteiger partial charge in [0.2, 0.25) is 0 Å². The zero-order valence-electron chi connectivity index (χ0n) is 13.1. The van der Waals surface area contributed by atoms with Gasteiger partial charge in [-0.05, 0) is 37.6 Å². The average molecular weight is 314 g/mol. The molecule has 3 rings (SSSR count). The Morgan fingerprint density at radius 3 is 2.78 bits per heavy atom. The first-order chi connectivity index (χ1) is 11.1. The van der Waals surface area contributed by atoms with Crippen LogP contribution in [-0.2, 0) is 6.54 Å². The van der Waals surface area contributed by atoms with Gasteiger partial charge in [0.15, 0.2) is 0 Å². The summed E-state index contributed by atoms with van der Waals surface area (Å²) in [6, 6.07) is 7.44. The van der Waals surface area contributed by atoms with E-state index in [4.69, 9.17) is 0 Å². The van der Waals surface area contributed by atoms with Gasteiger partial charge in [0.05, 0.1) is 6.04 Å². The van der Waals surface area contributed by atoms with E-state index in [0.29, 0.717) is 12.2 Å². The molecule has 0 saturated heterocycles. The van der Waals surface area contributed by atoms with Crippen LogP contribution in [0.2, 0.25) is 0 Å². The third-order valence-corrected chi connectivity index (χ3v) is 3.97. The van der Waals surface area contributed by atoms with Crippen molar-refractivity contribution in [2.75, 3.05) is 0 Å². The van der Waals surface area contributed by atoms with Gasteiger partial charge >= 0.3 is 0 Å². The number of halogens is 1. The van der Waals surface area contributed by atoms with Crippen molar-refractivity contribution in [3.63, 3.8) is 0 Å². The van der Waals surface area contributed by atoms with E-state index >= 15 is 0 Å². The fraction of sp³-hybridized carbons (Fsp3) is 0.312. The van der Waals surface area contributed by atoms with Gasteiger partial charge in [-0.3, -0.25) is 4.68 Å².